The first-order valence-electron chi connectivity index (χ1n) is 15.0. The zero-order valence-electron chi connectivity index (χ0n) is 25.5. The van der Waals surface area contributed by atoms with E-state index >= 15 is 0 Å². The molecule has 0 saturated heterocycles. The zero-order chi connectivity index (χ0) is 34.1. The van der Waals surface area contributed by atoms with Crippen LogP contribution in [-0.4, -0.2) is 35.7 Å². The molecule has 0 aliphatic carbocycles. The smallest absolute Gasteiger partial charge is 0.416 e. The molecule has 0 fully saturated rings. The number of aliphatic hydroxyl groups excluding tert-OH is 1. The van der Waals surface area contributed by atoms with E-state index in [4.69, 9.17) is 25.1 Å². The van der Waals surface area contributed by atoms with Gasteiger partial charge in [0.15, 0.2) is 11.6 Å². The van der Waals surface area contributed by atoms with Crippen LogP contribution in [0.15, 0.2) is 107 Å². The van der Waals surface area contributed by atoms with Crippen LogP contribution in [0.4, 0.5) is 17.6 Å². The highest BCUT2D eigenvalue weighted by molar-refractivity contribution is 6.01. The fraction of sp³-hybridized carbons (Fsp3) is 0.257. The van der Waals surface area contributed by atoms with Crippen molar-refractivity contribution in [2.24, 2.45) is 10.1 Å². The average molecular weight is 662 g/mol. The quantitative estimate of drug-likeness (QED) is 0.0515. The lowest BCUT2D eigenvalue weighted by atomic mass is 9.80. The van der Waals surface area contributed by atoms with Gasteiger partial charge in [0.25, 0.3) is 5.91 Å². The van der Waals surface area contributed by atoms with Crippen LogP contribution in [0.25, 0.3) is 10.4 Å². The molecule has 1 aliphatic rings. The minimum atomic E-state index is -4.78. The van der Waals surface area contributed by atoms with Crippen molar-refractivity contribution in [3.63, 3.8) is 0 Å². The summed E-state index contributed by atoms with van der Waals surface area (Å²) in [5.41, 5.74) is 8.39. The molecule has 1 heterocycles. The Kier molecular flexibility index (Phi) is 10.6. The Morgan fingerprint density at radius 2 is 1.75 bits per heavy atom. The molecule has 0 unspecified atom stereocenters. The molecule has 0 spiro atoms. The summed E-state index contributed by atoms with van der Waals surface area (Å²) in [6, 6.07) is 24.9. The summed E-state index contributed by atoms with van der Waals surface area (Å²) in [4.78, 5) is 22.2. The van der Waals surface area contributed by atoms with Crippen molar-refractivity contribution in [2.75, 3.05) is 13.2 Å². The summed E-state index contributed by atoms with van der Waals surface area (Å²) in [7, 11) is 0. The Bertz CT molecular complexity index is 1810. The molecule has 2 N–H and O–H groups in total. The first-order chi connectivity index (χ1) is 23.1. The maximum absolute atomic E-state index is 14.5. The van der Waals surface area contributed by atoms with Crippen molar-refractivity contribution in [3.8, 4) is 5.75 Å². The van der Waals surface area contributed by atoms with Gasteiger partial charge in [-0.1, -0.05) is 59.7 Å². The predicted molar refractivity (Wildman–Crippen MR) is 169 cm³/mol. The molecule has 1 amide bonds. The van der Waals surface area contributed by atoms with Gasteiger partial charge in [0, 0.05) is 36.5 Å². The SMILES string of the molecule is [N-]=[N+]=NCc1ccccc1[C@H]1OC(c2ccc(OCCCO)cc2)=N[C@@]1(Cc1ccccc1)C(=O)NCc1cc(F)cc(C(F)(F)F)c1. The Balaban J connectivity index is 1.59. The van der Waals surface area contributed by atoms with Gasteiger partial charge in [-0.05, 0) is 70.2 Å². The van der Waals surface area contributed by atoms with Gasteiger partial charge in [0.1, 0.15) is 11.6 Å². The number of nitrogens with zero attached hydrogens (tertiary/aromatic N) is 4. The van der Waals surface area contributed by atoms with Crippen LogP contribution in [-0.2, 0) is 35.2 Å². The number of aliphatic hydroxyl groups is 1. The number of carbonyl (C=O) groups excluding carboxylic acids is 1. The number of amides is 1. The number of hydrogen-bond acceptors (Lipinski definition) is 6. The maximum Gasteiger partial charge on any atom is 0.416 e. The third-order valence-corrected chi connectivity index (χ3v) is 7.73. The minimum absolute atomic E-state index is 0.0143. The van der Waals surface area contributed by atoms with E-state index in [2.05, 4.69) is 15.3 Å². The Hall–Kier alpha value is -5.39. The predicted octanol–water partition coefficient (Wildman–Crippen LogP) is 7.23. The summed E-state index contributed by atoms with van der Waals surface area (Å²) in [5.74, 6) is -1.10. The van der Waals surface area contributed by atoms with Crippen LogP contribution < -0.4 is 10.1 Å². The molecule has 1 aliphatic heterocycles. The van der Waals surface area contributed by atoms with Gasteiger partial charge in [-0.15, -0.1) is 0 Å². The van der Waals surface area contributed by atoms with Crippen LogP contribution >= 0.6 is 0 Å². The molecule has 248 valence electrons. The summed E-state index contributed by atoms with van der Waals surface area (Å²) in [6.07, 6.45) is -5.38. The van der Waals surface area contributed by atoms with Crippen LogP contribution in [0, 0.1) is 5.82 Å². The molecule has 0 bridgehead atoms. The highest BCUT2D eigenvalue weighted by Gasteiger charge is 2.53. The van der Waals surface area contributed by atoms with E-state index in [0.29, 0.717) is 41.5 Å². The number of carbonyl (C=O) groups is 1. The molecular formula is C35H31F4N5O4. The van der Waals surface area contributed by atoms with Crippen LogP contribution in [0.2, 0.25) is 0 Å². The molecule has 4 aromatic carbocycles. The fourth-order valence-electron chi connectivity index (χ4n) is 5.46. The number of alkyl halides is 3. The fourth-order valence-corrected chi connectivity index (χ4v) is 5.46. The average Bonchev–Trinajstić information content (AvgIpc) is 3.46. The van der Waals surface area contributed by atoms with Crippen LogP contribution in [0.1, 0.15) is 45.9 Å². The van der Waals surface area contributed by atoms with Gasteiger partial charge in [-0.2, -0.15) is 13.2 Å². The molecule has 13 heteroatoms. The van der Waals surface area contributed by atoms with Crippen molar-refractivity contribution in [1.82, 2.24) is 5.32 Å². The second-order valence-corrected chi connectivity index (χ2v) is 11.1. The Labute approximate surface area is 273 Å². The third-order valence-electron chi connectivity index (χ3n) is 7.73. The van der Waals surface area contributed by atoms with Crippen molar-refractivity contribution in [1.29, 1.82) is 0 Å². The van der Waals surface area contributed by atoms with Gasteiger partial charge in [0.05, 0.1) is 18.7 Å². The molecule has 5 rings (SSSR count). The Morgan fingerprint density at radius 3 is 2.46 bits per heavy atom. The van der Waals surface area contributed by atoms with E-state index in [1.807, 2.05) is 18.2 Å². The zero-order valence-corrected chi connectivity index (χ0v) is 25.5. The lowest BCUT2D eigenvalue weighted by Crippen LogP contribution is -2.50. The number of benzene rings is 4. The lowest BCUT2D eigenvalue weighted by Gasteiger charge is -2.32. The largest absolute Gasteiger partial charge is 0.494 e. The minimum Gasteiger partial charge on any atom is -0.494 e. The maximum atomic E-state index is 14.5. The lowest BCUT2D eigenvalue weighted by molar-refractivity contribution is -0.137. The molecule has 4 aromatic rings. The molecule has 9 nitrogen and oxygen atoms in total. The van der Waals surface area contributed by atoms with Crippen LogP contribution in [0.5, 0.6) is 5.75 Å². The van der Waals surface area contributed by atoms with E-state index < -0.39 is 41.7 Å². The first-order valence-corrected chi connectivity index (χ1v) is 15.0. The second-order valence-electron chi connectivity index (χ2n) is 11.1. The molecule has 48 heavy (non-hydrogen) atoms. The highest BCUT2D eigenvalue weighted by Crippen LogP contribution is 2.44. The number of aliphatic imine (C=N–C) groups is 1. The van der Waals surface area contributed by atoms with E-state index in [1.165, 1.54) is 0 Å². The summed E-state index contributed by atoms with van der Waals surface area (Å²) < 4.78 is 66.7. The van der Waals surface area contributed by atoms with E-state index in [9.17, 15) is 22.4 Å². The van der Waals surface area contributed by atoms with Crippen molar-refractivity contribution in [3.05, 3.63) is 147 Å². The number of rotatable bonds is 13. The van der Waals surface area contributed by atoms with E-state index in [1.54, 1.807) is 60.7 Å². The molecule has 0 aromatic heterocycles. The topological polar surface area (TPSA) is 129 Å². The summed E-state index contributed by atoms with van der Waals surface area (Å²) >= 11 is 0. The Morgan fingerprint density at radius 1 is 1.02 bits per heavy atom. The van der Waals surface area contributed by atoms with Gasteiger partial charge in [0.2, 0.25) is 5.90 Å². The first kappa shape index (κ1) is 34.0. The number of halogens is 4. The molecular weight excluding hydrogens is 630 g/mol. The van der Waals surface area contributed by atoms with Crippen molar-refractivity contribution >= 4 is 11.8 Å². The summed E-state index contributed by atoms with van der Waals surface area (Å²) in [6.45, 7) is -0.171. The van der Waals surface area contributed by atoms with Crippen molar-refractivity contribution < 1.29 is 36.9 Å². The van der Waals surface area contributed by atoms with Crippen molar-refractivity contribution in [2.45, 2.75) is 43.8 Å². The number of hydrogen-bond donors (Lipinski definition) is 2. The highest BCUT2D eigenvalue weighted by atomic mass is 19.4. The van der Waals surface area contributed by atoms with Gasteiger partial charge in [-0.25, -0.2) is 9.38 Å². The second kappa shape index (κ2) is 15.0. The number of azide groups is 1. The van der Waals surface area contributed by atoms with Crippen LogP contribution in [0.3, 0.4) is 0 Å². The third kappa shape index (κ3) is 7.93. The summed E-state index contributed by atoms with van der Waals surface area (Å²) in [5, 5.41) is 15.5. The monoisotopic (exact) mass is 661 g/mol. The van der Waals surface area contributed by atoms with Gasteiger partial charge in [-0.3, -0.25) is 4.79 Å². The number of ether oxygens (including phenoxy) is 2. The normalized spacial score (nSPS) is 17.2. The molecule has 0 radical (unpaired) electrons. The van der Waals surface area contributed by atoms with Gasteiger partial charge < -0.3 is 19.9 Å². The molecule has 0 saturated carbocycles. The standard InChI is InChI=1S/C35H31F4N5O4/c36-28-18-24(17-27(19-28)35(37,38)39)21-41-33(46)34(20-23-7-2-1-3-8-23)31(30-10-5-4-9-26(30)22-42-44-40)48-32(43-34)25-11-13-29(14-12-25)47-16-6-15-45/h1-5,7-14,17-19,31,45H,6,15-16,20-22H2,(H,41,46)/t31-,34-/m1/s1. The van der Waals surface area contributed by atoms with E-state index in [-0.39, 0.29) is 31.0 Å². The van der Waals surface area contributed by atoms with Gasteiger partial charge >= 0.3 is 6.18 Å². The molecule has 2 atom stereocenters. The number of nitrogens with one attached hydrogen (secondary N) is 1. The van der Waals surface area contributed by atoms with E-state index in [0.717, 1.165) is 17.7 Å².